The Kier molecular flexibility index (Phi) is 4.72. The van der Waals surface area contributed by atoms with Crippen LogP contribution in [-0.4, -0.2) is 49.5 Å². The number of aromatic nitrogens is 5. The molecule has 0 saturated carbocycles. The summed E-state index contributed by atoms with van der Waals surface area (Å²) >= 11 is 0. The first-order chi connectivity index (χ1) is 12.9. The molecule has 1 saturated heterocycles. The van der Waals surface area contributed by atoms with Crippen LogP contribution in [0.25, 0.3) is 5.65 Å². The van der Waals surface area contributed by atoms with Crippen LogP contribution in [-0.2, 0) is 11.8 Å². The van der Waals surface area contributed by atoms with E-state index in [9.17, 15) is 0 Å². The third-order valence-electron chi connectivity index (χ3n) is 5.36. The van der Waals surface area contributed by atoms with Gasteiger partial charge < -0.3 is 9.42 Å². The molecule has 3 aromatic rings. The van der Waals surface area contributed by atoms with Gasteiger partial charge in [-0.05, 0) is 45.0 Å². The minimum Gasteiger partial charge on any atom is -0.361 e. The molecule has 0 N–H and O–H groups in total. The van der Waals surface area contributed by atoms with E-state index in [-0.39, 0.29) is 5.41 Å². The summed E-state index contributed by atoms with van der Waals surface area (Å²) in [6, 6.07) is 6.10. The van der Waals surface area contributed by atoms with Crippen LogP contribution >= 0.6 is 0 Å². The molecule has 0 atom stereocenters. The lowest BCUT2D eigenvalue weighted by Gasteiger charge is -2.30. The molecule has 7 heteroatoms. The van der Waals surface area contributed by atoms with E-state index in [1.807, 2.05) is 23.6 Å². The van der Waals surface area contributed by atoms with Crippen LogP contribution in [0.2, 0.25) is 0 Å². The van der Waals surface area contributed by atoms with Gasteiger partial charge in [-0.2, -0.15) is 9.61 Å². The number of likely N-dealkylation sites (tertiary alicyclic amines) is 1. The minimum absolute atomic E-state index is 0.0121. The molecule has 0 spiro atoms. The summed E-state index contributed by atoms with van der Waals surface area (Å²) in [6.45, 7) is 11.6. The van der Waals surface area contributed by atoms with Crippen molar-refractivity contribution in [3.05, 3.63) is 41.2 Å². The molecular weight excluding hydrogens is 340 g/mol. The average molecular weight is 368 g/mol. The Morgan fingerprint density at radius 3 is 2.59 bits per heavy atom. The second kappa shape index (κ2) is 7.03. The Labute approximate surface area is 159 Å². The zero-order valence-electron chi connectivity index (χ0n) is 16.6. The highest BCUT2D eigenvalue weighted by Gasteiger charge is 2.26. The molecular formula is C20H28N6O. The Hall–Kier alpha value is -2.28. The topological polar surface area (TPSA) is 72.4 Å². The summed E-state index contributed by atoms with van der Waals surface area (Å²) in [7, 11) is 0. The highest BCUT2D eigenvalue weighted by atomic mass is 16.5. The first-order valence-electron chi connectivity index (χ1n) is 9.77. The SMILES string of the molecule is Cc1cc(CCN2CCC(c3nnc4ccc(C(C)(C)C)nn34)CC2)on1. The monoisotopic (exact) mass is 368 g/mol. The van der Waals surface area contributed by atoms with Crippen molar-refractivity contribution in [1.82, 2.24) is 29.9 Å². The van der Waals surface area contributed by atoms with E-state index in [4.69, 9.17) is 9.62 Å². The van der Waals surface area contributed by atoms with Gasteiger partial charge in [0, 0.05) is 30.4 Å². The zero-order chi connectivity index (χ0) is 19.0. The molecule has 144 valence electrons. The molecule has 0 aromatic carbocycles. The molecule has 1 aliphatic heterocycles. The number of piperidine rings is 1. The van der Waals surface area contributed by atoms with Gasteiger partial charge in [-0.15, -0.1) is 10.2 Å². The van der Waals surface area contributed by atoms with E-state index >= 15 is 0 Å². The Morgan fingerprint density at radius 2 is 1.93 bits per heavy atom. The fourth-order valence-corrected chi connectivity index (χ4v) is 3.68. The van der Waals surface area contributed by atoms with Gasteiger partial charge in [0.1, 0.15) is 5.76 Å². The van der Waals surface area contributed by atoms with Gasteiger partial charge in [-0.25, -0.2) is 0 Å². The van der Waals surface area contributed by atoms with Gasteiger partial charge in [-0.3, -0.25) is 0 Å². The van der Waals surface area contributed by atoms with Crippen molar-refractivity contribution in [2.24, 2.45) is 0 Å². The molecule has 0 bridgehead atoms. The number of hydrogen-bond donors (Lipinski definition) is 0. The molecule has 4 heterocycles. The van der Waals surface area contributed by atoms with Gasteiger partial charge in [0.2, 0.25) is 0 Å². The fourth-order valence-electron chi connectivity index (χ4n) is 3.68. The van der Waals surface area contributed by atoms with Crippen LogP contribution in [0.5, 0.6) is 0 Å². The summed E-state index contributed by atoms with van der Waals surface area (Å²) in [5.41, 5.74) is 2.86. The maximum atomic E-state index is 5.32. The van der Waals surface area contributed by atoms with Crippen molar-refractivity contribution in [2.45, 2.75) is 58.3 Å². The van der Waals surface area contributed by atoms with Crippen LogP contribution in [0, 0.1) is 6.92 Å². The predicted octanol–water partition coefficient (Wildman–Crippen LogP) is 3.14. The molecule has 0 amide bonds. The first-order valence-corrected chi connectivity index (χ1v) is 9.77. The standard InChI is InChI=1S/C20H28N6O/c1-14-13-16(27-24-14)9-12-25-10-7-15(8-11-25)19-22-21-18-6-5-17(20(2,3)4)23-26(18)19/h5-6,13,15H,7-12H2,1-4H3. The average Bonchev–Trinajstić information content (AvgIpc) is 3.25. The first kappa shape index (κ1) is 18.1. The molecule has 1 aliphatic rings. The van der Waals surface area contributed by atoms with Crippen LogP contribution < -0.4 is 0 Å². The maximum Gasteiger partial charge on any atom is 0.177 e. The Morgan fingerprint density at radius 1 is 1.15 bits per heavy atom. The molecule has 27 heavy (non-hydrogen) atoms. The number of nitrogens with zero attached hydrogens (tertiary/aromatic N) is 6. The molecule has 0 radical (unpaired) electrons. The van der Waals surface area contributed by atoms with E-state index in [2.05, 4.69) is 47.1 Å². The van der Waals surface area contributed by atoms with E-state index < -0.39 is 0 Å². The normalized spacial score (nSPS) is 17.0. The van der Waals surface area contributed by atoms with Crippen molar-refractivity contribution in [3.63, 3.8) is 0 Å². The van der Waals surface area contributed by atoms with Gasteiger partial charge in [-0.1, -0.05) is 25.9 Å². The van der Waals surface area contributed by atoms with Crippen LogP contribution in [0.3, 0.4) is 0 Å². The molecule has 7 nitrogen and oxygen atoms in total. The van der Waals surface area contributed by atoms with Gasteiger partial charge >= 0.3 is 0 Å². The van der Waals surface area contributed by atoms with Crippen LogP contribution in [0.15, 0.2) is 22.7 Å². The Balaban J connectivity index is 1.42. The van der Waals surface area contributed by atoms with Crippen molar-refractivity contribution in [3.8, 4) is 0 Å². The molecule has 4 rings (SSSR count). The summed E-state index contributed by atoms with van der Waals surface area (Å²) in [5.74, 6) is 2.38. The van der Waals surface area contributed by atoms with Crippen molar-refractivity contribution < 1.29 is 4.52 Å². The second-order valence-electron chi connectivity index (χ2n) is 8.60. The lowest BCUT2D eigenvalue weighted by Crippen LogP contribution is -2.35. The molecule has 3 aromatic heterocycles. The largest absolute Gasteiger partial charge is 0.361 e. The number of fused-ring (bicyclic) bond motifs is 1. The summed E-state index contributed by atoms with van der Waals surface area (Å²) < 4.78 is 7.27. The van der Waals surface area contributed by atoms with Crippen molar-refractivity contribution >= 4 is 5.65 Å². The van der Waals surface area contributed by atoms with E-state index in [1.165, 1.54) is 0 Å². The third kappa shape index (κ3) is 3.88. The van der Waals surface area contributed by atoms with Crippen LogP contribution in [0.1, 0.15) is 62.5 Å². The highest BCUT2D eigenvalue weighted by molar-refractivity contribution is 5.37. The summed E-state index contributed by atoms with van der Waals surface area (Å²) in [5, 5.41) is 17.6. The van der Waals surface area contributed by atoms with Crippen molar-refractivity contribution in [2.75, 3.05) is 19.6 Å². The number of rotatable bonds is 4. The van der Waals surface area contributed by atoms with E-state index in [0.717, 1.165) is 67.5 Å². The summed E-state index contributed by atoms with van der Waals surface area (Å²) in [6.07, 6.45) is 3.07. The van der Waals surface area contributed by atoms with E-state index in [0.29, 0.717) is 5.92 Å². The minimum atomic E-state index is 0.0121. The van der Waals surface area contributed by atoms with Gasteiger partial charge in [0.25, 0.3) is 0 Å². The van der Waals surface area contributed by atoms with Crippen LogP contribution in [0.4, 0.5) is 0 Å². The van der Waals surface area contributed by atoms with Gasteiger partial charge in [0.05, 0.1) is 11.4 Å². The van der Waals surface area contributed by atoms with Gasteiger partial charge in [0.15, 0.2) is 11.5 Å². The van der Waals surface area contributed by atoms with E-state index in [1.54, 1.807) is 0 Å². The number of hydrogen-bond acceptors (Lipinski definition) is 6. The van der Waals surface area contributed by atoms with Crippen molar-refractivity contribution in [1.29, 1.82) is 0 Å². The molecule has 0 unspecified atom stereocenters. The molecule has 0 aliphatic carbocycles. The molecule has 1 fully saturated rings. The smallest absolute Gasteiger partial charge is 0.177 e. The Bertz CT molecular complexity index is 914. The lowest BCUT2D eigenvalue weighted by atomic mass is 9.92. The predicted molar refractivity (Wildman–Crippen MR) is 103 cm³/mol. The zero-order valence-corrected chi connectivity index (χ0v) is 16.6. The summed E-state index contributed by atoms with van der Waals surface area (Å²) in [4.78, 5) is 2.49. The third-order valence-corrected chi connectivity index (χ3v) is 5.36. The second-order valence-corrected chi connectivity index (χ2v) is 8.60. The highest BCUT2D eigenvalue weighted by Crippen LogP contribution is 2.28. The quantitative estimate of drug-likeness (QED) is 0.704. The maximum absolute atomic E-state index is 5.32. The lowest BCUT2D eigenvalue weighted by molar-refractivity contribution is 0.205. The fraction of sp³-hybridized carbons (Fsp3) is 0.600. The number of aryl methyl sites for hydroxylation is 1.